The van der Waals surface area contributed by atoms with Crippen LogP contribution in [0.25, 0.3) is 21.9 Å². The molecule has 1 saturated heterocycles. The van der Waals surface area contributed by atoms with Crippen molar-refractivity contribution in [1.82, 2.24) is 4.90 Å². The first-order chi connectivity index (χ1) is 15.6. The van der Waals surface area contributed by atoms with Gasteiger partial charge in [0.25, 0.3) is 5.91 Å². The van der Waals surface area contributed by atoms with E-state index in [0.717, 1.165) is 5.56 Å². The molecule has 4 rings (SSSR count). The molecule has 0 saturated carbocycles. The molecule has 1 aliphatic heterocycles. The van der Waals surface area contributed by atoms with Crippen LogP contribution in [0.2, 0.25) is 0 Å². The molecule has 1 amide bonds. The molecule has 0 aromatic heterocycles. The van der Waals surface area contributed by atoms with Crippen molar-refractivity contribution in [2.75, 3.05) is 19.7 Å². The van der Waals surface area contributed by atoms with Gasteiger partial charge in [-0.05, 0) is 72.0 Å². The fraction of sp³-hybridized carbons (Fsp3) is 0.308. The average Bonchev–Trinajstić information content (AvgIpc) is 2.72. The first-order valence-corrected chi connectivity index (χ1v) is 10.8. The van der Waals surface area contributed by atoms with Crippen LogP contribution in [0, 0.1) is 19.8 Å². The predicted molar refractivity (Wildman–Crippen MR) is 120 cm³/mol. The van der Waals surface area contributed by atoms with E-state index in [2.05, 4.69) is 0 Å². The third-order valence-electron chi connectivity index (χ3n) is 6.06. The van der Waals surface area contributed by atoms with Crippen molar-refractivity contribution in [2.45, 2.75) is 26.9 Å². The molecule has 0 atom stereocenters. The van der Waals surface area contributed by atoms with E-state index in [0.29, 0.717) is 47.3 Å². The topological polar surface area (TPSA) is 46.6 Å². The molecule has 0 radical (unpaired) electrons. The fourth-order valence-corrected chi connectivity index (χ4v) is 4.36. The van der Waals surface area contributed by atoms with Crippen LogP contribution in [0.3, 0.4) is 0 Å². The Kier molecular flexibility index (Phi) is 5.91. The van der Waals surface area contributed by atoms with E-state index in [4.69, 9.17) is 4.74 Å². The lowest BCUT2D eigenvalue weighted by atomic mass is 9.90. The summed E-state index contributed by atoms with van der Waals surface area (Å²) in [7, 11) is 0. The van der Waals surface area contributed by atoms with Gasteiger partial charge in [0.15, 0.2) is 0 Å². The Morgan fingerprint density at radius 2 is 1.70 bits per heavy atom. The van der Waals surface area contributed by atoms with Gasteiger partial charge in [0.05, 0.1) is 18.1 Å². The van der Waals surface area contributed by atoms with Crippen LogP contribution in [-0.4, -0.2) is 36.5 Å². The monoisotopic (exact) mass is 455 g/mol. The maximum absolute atomic E-state index is 13.7. The van der Waals surface area contributed by atoms with Gasteiger partial charge in [-0.3, -0.25) is 9.59 Å². The van der Waals surface area contributed by atoms with Gasteiger partial charge in [0.2, 0.25) is 0 Å². The molecular weight excluding hydrogens is 431 g/mol. The molecule has 0 unspecified atom stereocenters. The van der Waals surface area contributed by atoms with E-state index in [-0.39, 0.29) is 23.2 Å². The maximum Gasteiger partial charge on any atom is 0.417 e. The van der Waals surface area contributed by atoms with Crippen LogP contribution >= 0.6 is 0 Å². The summed E-state index contributed by atoms with van der Waals surface area (Å²) in [6, 6.07) is 13.3. The summed E-state index contributed by atoms with van der Waals surface area (Å²) in [6.07, 6.45) is -4.46. The lowest BCUT2D eigenvalue weighted by Crippen LogP contribution is -2.53. The fourth-order valence-electron chi connectivity index (χ4n) is 4.36. The van der Waals surface area contributed by atoms with Crippen molar-refractivity contribution in [3.05, 3.63) is 70.8 Å². The minimum absolute atomic E-state index is 0.188. The SMILES string of the molecule is CCOC(=O)C1CN(C(=O)c2ccc(-c3ccc4cc(C)cc(C(F)(F)F)c4c3C)cc2)C1. The van der Waals surface area contributed by atoms with Gasteiger partial charge in [-0.1, -0.05) is 30.3 Å². The highest BCUT2D eigenvalue weighted by Gasteiger charge is 2.37. The van der Waals surface area contributed by atoms with E-state index in [1.807, 2.05) is 6.07 Å². The Balaban J connectivity index is 1.60. The standard InChI is InChI=1S/C26H24F3NO3/c1-4-33-25(32)20-13-30(14-20)24(31)18-7-5-17(6-8-18)21-10-9-19-11-15(2)12-22(26(27,28)29)23(19)16(21)3/h5-12,20H,4,13-14H2,1-3H3. The lowest BCUT2D eigenvalue weighted by molar-refractivity contribution is -0.152. The summed E-state index contributed by atoms with van der Waals surface area (Å²) in [6.45, 7) is 6.04. The zero-order valence-corrected chi connectivity index (χ0v) is 18.6. The number of likely N-dealkylation sites (tertiary alicyclic amines) is 1. The minimum Gasteiger partial charge on any atom is -0.466 e. The number of nitrogens with zero attached hydrogens (tertiary/aromatic N) is 1. The van der Waals surface area contributed by atoms with Crippen molar-refractivity contribution >= 4 is 22.6 Å². The van der Waals surface area contributed by atoms with Gasteiger partial charge in [-0.25, -0.2) is 0 Å². The zero-order valence-electron chi connectivity index (χ0n) is 18.6. The molecule has 172 valence electrons. The number of carbonyl (C=O) groups is 2. The minimum atomic E-state index is -4.46. The highest BCUT2D eigenvalue weighted by molar-refractivity contribution is 5.97. The van der Waals surface area contributed by atoms with Crippen LogP contribution in [-0.2, 0) is 15.7 Å². The third kappa shape index (κ3) is 4.32. The van der Waals surface area contributed by atoms with Gasteiger partial charge in [0.1, 0.15) is 0 Å². The number of ether oxygens (including phenoxy) is 1. The number of rotatable bonds is 4. The molecule has 4 nitrogen and oxygen atoms in total. The van der Waals surface area contributed by atoms with Crippen molar-refractivity contribution in [3.63, 3.8) is 0 Å². The number of carbonyl (C=O) groups excluding carboxylic acids is 2. The maximum atomic E-state index is 13.7. The zero-order chi connectivity index (χ0) is 23.9. The lowest BCUT2D eigenvalue weighted by Gasteiger charge is -2.37. The largest absolute Gasteiger partial charge is 0.466 e. The highest BCUT2D eigenvalue weighted by Crippen LogP contribution is 2.40. The van der Waals surface area contributed by atoms with E-state index in [1.54, 1.807) is 62.1 Å². The number of aryl methyl sites for hydroxylation is 2. The number of hydrogen-bond acceptors (Lipinski definition) is 3. The molecule has 1 heterocycles. The van der Waals surface area contributed by atoms with Gasteiger partial charge in [-0.15, -0.1) is 0 Å². The molecule has 3 aromatic rings. The first kappa shape index (κ1) is 22.8. The second-order valence-corrected chi connectivity index (χ2v) is 8.38. The molecular formula is C26H24F3NO3. The highest BCUT2D eigenvalue weighted by atomic mass is 19.4. The Bertz CT molecular complexity index is 1230. The second-order valence-electron chi connectivity index (χ2n) is 8.38. The van der Waals surface area contributed by atoms with Crippen LogP contribution in [0.5, 0.6) is 0 Å². The van der Waals surface area contributed by atoms with E-state index in [1.165, 1.54) is 6.07 Å². The average molecular weight is 455 g/mol. The smallest absolute Gasteiger partial charge is 0.417 e. The van der Waals surface area contributed by atoms with Crippen molar-refractivity contribution in [1.29, 1.82) is 0 Å². The molecule has 1 fully saturated rings. The normalized spacial score (nSPS) is 14.3. The van der Waals surface area contributed by atoms with Gasteiger partial charge in [0, 0.05) is 18.7 Å². The Labute approximate surface area is 190 Å². The van der Waals surface area contributed by atoms with Gasteiger partial charge >= 0.3 is 12.1 Å². The number of fused-ring (bicyclic) bond motifs is 1. The second kappa shape index (κ2) is 8.54. The summed E-state index contributed by atoms with van der Waals surface area (Å²) in [5.74, 6) is -0.774. The van der Waals surface area contributed by atoms with Crippen LogP contribution in [0.15, 0.2) is 48.5 Å². The molecule has 0 N–H and O–H groups in total. The molecule has 7 heteroatoms. The molecule has 3 aromatic carbocycles. The van der Waals surface area contributed by atoms with Crippen molar-refractivity contribution in [2.24, 2.45) is 5.92 Å². The number of benzene rings is 3. The predicted octanol–water partition coefficient (Wildman–Crippen LogP) is 5.78. The first-order valence-electron chi connectivity index (χ1n) is 10.8. The molecule has 1 aliphatic rings. The number of hydrogen-bond donors (Lipinski definition) is 0. The van der Waals surface area contributed by atoms with Gasteiger partial charge in [-0.2, -0.15) is 13.2 Å². The number of alkyl halides is 3. The van der Waals surface area contributed by atoms with Crippen LogP contribution < -0.4 is 0 Å². The summed E-state index contributed by atoms with van der Waals surface area (Å²) in [4.78, 5) is 26.0. The molecule has 0 bridgehead atoms. The van der Waals surface area contributed by atoms with Crippen molar-refractivity contribution < 1.29 is 27.5 Å². The summed E-state index contributed by atoms with van der Waals surface area (Å²) in [5, 5.41) is 0.737. The van der Waals surface area contributed by atoms with Gasteiger partial charge < -0.3 is 9.64 Å². The molecule has 0 spiro atoms. The molecule has 0 aliphatic carbocycles. The summed E-state index contributed by atoms with van der Waals surface area (Å²) >= 11 is 0. The summed E-state index contributed by atoms with van der Waals surface area (Å²) in [5.41, 5.74) is 2.33. The number of amides is 1. The van der Waals surface area contributed by atoms with E-state index < -0.39 is 11.7 Å². The Morgan fingerprint density at radius 3 is 2.30 bits per heavy atom. The van der Waals surface area contributed by atoms with E-state index >= 15 is 0 Å². The quantitative estimate of drug-likeness (QED) is 0.469. The third-order valence-corrected chi connectivity index (χ3v) is 6.06. The van der Waals surface area contributed by atoms with E-state index in [9.17, 15) is 22.8 Å². The number of esters is 1. The summed E-state index contributed by atoms with van der Waals surface area (Å²) < 4.78 is 46.1. The number of halogens is 3. The Morgan fingerprint density at radius 1 is 1.03 bits per heavy atom. The molecule has 33 heavy (non-hydrogen) atoms. The Hall–Kier alpha value is -3.35. The van der Waals surface area contributed by atoms with Crippen LogP contribution in [0.1, 0.15) is 34.0 Å². The van der Waals surface area contributed by atoms with Crippen LogP contribution in [0.4, 0.5) is 13.2 Å². The van der Waals surface area contributed by atoms with Crippen molar-refractivity contribution in [3.8, 4) is 11.1 Å².